The molecule has 0 aromatic carbocycles. The maximum atomic E-state index is 12.6. The van der Waals surface area contributed by atoms with E-state index in [9.17, 15) is 21.6 Å². The van der Waals surface area contributed by atoms with Crippen molar-refractivity contribution >= 4 is 10.0 Å². The fourth-order valence-corrected chi connectivity index (χ4v) is 3.24. The average molecular weight is 339 g/mol. The monoisotopic (exact) mass is 339 g/mol. The fraction of sp³-hybridized carbons (Fsp3) is 0.500. The molecule has 0 saturated heterocycles. The van der Waals surface area contributed by atoms with Crippen LogP contribution in [0.2, 0.25) is 0 Å². The van der Waals surface area contributed by atoms with Gasteiger partial charge in [0.25, 0.3) is 10.0 Å². The van der Waals surface area contributed by atoms with Crippen LogP contribution in [0.5, 0.6) is 0 Å². The molecule has 0 aliphatic rings. The second kappa shape index (κ2) is 5.05. The first kappa shape index (κ1) is 16.4. The van der Waals surface area contributed by atoms with Gasteiger partial charge in [-0.3, -0.25) is 4.68 Å². The Morgan fingerprint density at radius 1 is 1.32 bits per heavy atom. The third kappa shape index (κ3) is 3.11. The lowest BCUT2D eigenvalue weighted by Gasteiger charge is -2.21. The number of hydrogen-bond donors (Lipinski definition) is 1. The van der Waals surface area contributed by atoms with Gasteiger partial charge in [-0.2, -0.15) is 28.0 Å². The number of hydrogen-bond acceptors (Lipinski definition) is 6. The number of rotatable bonds is 4. The van der Waals surface area contributed by atoms with Crippen LogP contribution in [0.25, 0.3) is 0 Å². The lowest BCUT2D eigenvalue weighted by Crippen LogP contribution is -2.42. The molecule has 22 heavy (non-hydrogen) atoms. The number of nitrogens with one attached hydrogen (secondary N) is 1. The maximum Gasteiger partial charge on any atom is 0.435 e. The molecule has 0 bridgehead atoms. The van der Waals surface area contributed by atoms with E-state index < -0.39 is 32.5 Å². The van der Waals surface area contributed by atoms with Crippen molar-refractivity contribution in [3.05, 3.63) is 24.0 Å². The summed E-state index contributed by atoms with van der Waals surface area (Å²) in [6.45, 7) is 2.88. The highest BCUT2D eigenvalue weighted by atomic mass is 32.2. The molecule has 2 heterocycles. The van der Waals surface area contributed by atoms with Gasteiger partial charge in [0, 0.05) is 13.1 Å². The van der Waals surface area contributed by atoms with Crippen molar-refractivity contribution < 1.29 is 26.1 Å². The molecule has 0 radical (unpaired) electrons. The average Bonchev–Trinajstić information content (AvgIpc) is 2.94. The van der Waals surface area contributed by atoms with Crippen LogP contribution in [0, 0.1) is 0 Å². The van der Waals surface area contributed by atoms with Crippen LogP contribution in [-0.2, 0) is 28.8 Å². The van der Waals surface area contributed by atoms with Gasteiger partial charge in [0.2, 0.25) is 6.39 Å². The molecule has 8 nitrogen and oxygen atoms in total. The first-order chi connectivity index (χ1) is 9.93. The van der Waals surface area contributed by atoms with E-state index in [-0.39, 0.29) is 5.82 Å². The van der Waals surface area contributed by atoms with Crippen molar-refractivity contribution in [3.8, 4) is 0 Å². The highest BCUT2D eigenvalue weighted by molar-refractivity contribution is 7.89. The Labute approximate surface area is 123 Å². The number of alkyl halides is 3. The number of halogens is 3. The quantitative estimate of drug-likeness (QED) is 0.893. The van der Waals surface area contributed by atoms with Crippen molar-refractivity contribution in [2.24, 2.45) is 7.05 Å². The van der Waals surface area contributed by atoms with E-state index in [1.807, 2.05) is 0 Å². The second-order valence-electron chi connectivity index (χ2n) is 4.97. The van der Waals surface area contributed by atoms with Crippen molar-refractivity contribution in [3.63, 3.8) is 0 Å². The Morgan fingerprint density at radius 3 is 2.41 bits per heavy atom. The van der Waals surface area contributed by atoms with Crippen molar-refractivity contribution in [2.75, 3.05) is 0 Å². The summed E-state index contributed by atoms with van der Waals surface area (Å²) >= 11 is 0. The minimum atomic E-state index is -4.74. The lowest BCUT2D eigenvalue weighted by molar-refractivity contribution is -0.141. The second-order valence-corrected chi connectivity index (χ2v) is 6.60. The molecule has 2 aromatic rings. The maximum absolute atomic E-state index is 12.6. The van der Waals surface area contributed by atoms with Crippen LogP contribution < -0.4 is 4.72 Å². The predicted molar refractivity (Wildman–Crippen MR) is 65.9 cm³/mol. The van der Waals surface area contributed by atoms with Crippen molar-refractivity contribution in [1.82, 2.24) is 24.6 Å². The molecule has 0 fully saturated rings. The largest absolute Gasteiger partial charge is 0.435 e. The molecule has 1 N–H and O–H groups in total. The number of aromatic nitrogens is 4. The highest BCUT2D eigenvalue weighted by Crippen LogP contribution is 2.30. The van der Waals surface area contributed by atoms with Crippen LogP contribution in [0.15, 0.2) is 22.0 Å². The molecule has 2 rings (SSSR count). The first-order valence-electron chi connectivity index (χ1n) is 5.85. The van der Waals surface area contributed by atoms with Gasteiger partial charge in [-0.15, -0.1) is 0 Å². The molecule has 0 spiro atoms. The van der Waals surface area contributed by atoms with Gasteiger partial charge in [-0.05, 0) is 13.8 Å². The van der Waals surface area contributed by atoms with Gasteiger partial charge >= 0.3 is 6.18 Å². The number of aryl methyl sites for hydroxylation is 1. The molecule has 12 heteroatoms. The Hall–Kier alpha value is -1.95. The molecule has 0 aliphatic heterocycles. The summed E-state index contributed by atoms with van der Waals surface area (Å²) in [6, 6.07) is 0.453. The lowest BCUT2D eigenvalue weighted by atomic mass is 10.1. The molecule has 0 unspecified atom stereocenters. The predicted octanol–water partition coefficient (Wildman–Crippen LogP) is 1.04. The molecule has 0 saturated carbocycles. The Balaban J connectivity index is 2.38. The zero-order valence-electron chi connectivity index (χ0n) is 11.7. The van der Waals surface area contributed by atoms with Gasteiger partial charge in [-0.25, -0.2) is 8.42 Å². The van der Waals surface area contributed by atoms with E-state index >= 15 is 0 Å². The van der Waals surface area contributed by atoms with Crippen LogP contribution in [0.3, 0.4) is 0 Å². The molecule has 0 amide bonds. The van der Waals surface area contributed by atoms with Crippen LogP contribution in [-0.4, -0.2) is 28.3 Å². The summed E-state index contributed by atoms with van der Waals surface area (Å²) in [4.78, 5) is 3.73. The molecule has 0 atom stereocenters. The van der Waals surface area contributed by atoms with Gasteiger partial charge in [0.15, 0.2) is 16.5 Å². The van der Waals surface area contributed by atoms with Crippen molar-refractivity contribution in [2.45, 2.75) is 30.6 Å². The number of nitrogens with zero attached hydrogens (tertiary/aromatic N) is 4. The van der Waals surface area contributed by atoms with Gasteiger partial charge < -0.3 is 4.52 Å². The minimum Gasteiger partial charge on any atom is -0.343 e. The van der Waals surface area contributed by atoms with Gasteiger partial charge in [0.05, 0.1) is 5.54 Å². The van der Waals surface area contributed by atoms with Gasteiger partial charge in [-0.1, -0.05) is 5.16 Å². The molecule has 0 aliphatic carbocycles. The summed E-state index contributed by atoms with van der Waals surface area (Å²) in [7, 11) is -3.18. The summed E-state index contributed by atoms with van der Waals surface area (Å²) in [5, 5.41) is 6.05. The van der Waals surface area contributed by atoms with E-state index in [0.29, 0.717) is 10.7 Å². The molecule has 122 valence electrons. The zero-order chi connectivity index (χ0) is 16.8. The third-order valence-electron chi connectivity index (χ3n) is 2.71. The molecular weight excluding hydrogens is 327 g/mol. The Bertz CT molecular complexity index is 764. The van der Waals surface area contributed by atoms with Crippen LogP contribution >= 0.6 is 0 Å². The molecule has 2 aromatic heterocycles. The summed E-state index contributed by atoms with van der Waals surface area (Å²) in [6.07, 6.45) is -3.73. The summed E-state index contributed by atoms with van der Waals surface area (Å²) < 4.78 is 69.8. The van der Waals surface area contributed by atoms with Crippen LogP contribution in [0.1, 0.15) is 25.4 Å². The smallest absolute Gasteiger partial charge is 0.343 e. The van der Waals surface area contributed by atoms with E-state index in [2.05, 4.69) is 24.5 Å². The van der Waals surface area contributed by atoms with Crippen LogP contribution in [0.4, 0.5) is 13.2 Å². The minimum absolute atomic E-state index is 0.0364. The van der Waals surface area contributed by atoms with E-state index in [0.717, 1.165) is 13.4 Å². The SMILES string of the molecule is Cn1nc(C(F)(F)F)cc1S(=O)(=O)NC(C)(C)c1ncon1. The molecular formula is C10H12F3N5O3S. The standard InChI is InChI=1S/C10H12F3N5O3S/c1-9(2,8-14-5-21-16-8)17-22(19,20)7-4-6(10(11,12)13)15-18(7)3/h4-5,17H,1-3H3. The number of sulfonamides is 1. The third-order valence-corrected chi connectivity index (χ3v) is 4.42. The fourth-order valence-electron chi connectivity index (χ4n) is 1.72. The van der Waals surface area contributed by atoms with Gasteiger partial charge in [0.1, 0.15) is 0 Å². The highest BCUT2D eigenvalue weighted by Gasteiger charge is 2.38. The van der Waals surface area contributed by atoms with E-state index in [1.54, 1.807) is 0 Å². The summed E-state index contributed by atoms with van der Waals surface area (Å²) in [5.74, 6) is 0.0364. The normalized spacial score (nSPS) is 13.5. The van der Waals surface area contributed by atoms with E-state index in [4.69, 9.17) is 0 Å². The van der Waals surface area contributed by atoms with Crippen molar-refractivity contribution in [1.29, 1.82) is 0 Å². The van der Waals surface area contributed by atoms with E-state index in [1.165, 1.54) is 13.8 Å². The Kier molecular flexibility index (Phi) is 3.77. The first-order valence-corrected chi connectivity index (χ1v) is 7.34. The zero-order valence-corrected chi connectivity index (χ0v) is 12.5. The topological polar surface area (TPSA) is 103 Å². The Morgan fingerprint density at radius 2 is 1.95 bits per heavy atom. The summed E-state index contributed by atoms with van der Waals surface area (Å²) in [5.41, 5.74) is -2.58.